The normalized spacial score (nSPS) is 18.4. The summed E-state index contributed by atoms with van der Waals surface area (Å²) in [5.74, 6) is 0. The molecule has 1 N–H and O–H groups in total. The second-order valence-corrected chi connectivity index (χ2v) is 6.91. The average Bonchev–Trinajstić information content (AvgIpc) is 2.79. The zero-order chi connectivity index (χ0) is 15.2. The van der Waals surface area contributed by atoms with E-state index in [9.17, 15) is 0 Å². The van der Waals surface area contributed by atoms with Crippen molar-refractivity contribution in [1.29, 1.82) is 0 Å². The summed E-state index contributed by atoms with van der Waals surface area (Å²) in [7, 11) is 0. The summed E-state index contributed by atoms with van der Waals surface area (Å²) in [5, 5.41) is 7.65. The monoisotopic (exact) mass is 373 g/mol. The van der Waals surface area contributed by atoms with Crippen molar-refractivity contribution in [2.45, 2.75) is 38.4 Å². The molecule has 1 aliphatic heterocycles. The van der Waals surface area contributed by atoms with Crippen molar-refractivity contribution in [1.82, 2.24) is 24.8 Å². The molecule has 0 amide bonds. The van der Waals surface area contributed by atoms with E-state index in [1.165, 1.54) is 24.4 Å². The van der Waals surface area contributed by atoms with E-state index in [0.29, 0.717) is 10.4 Å². The van der Waals surface area contributed by atoms with Crippen LogP contribution in [0.4, 0.5) is 0 Å². The molecular weight excluding hydrogens is 353 g/mol. The van der Waals surface area contributed by atoms with Crippen molar-refractivity contribution in [3.8, 4) is 0 Å². The maximum atomic E-state index is 6.20. The number of halogens is 2. The van der Waals surface area contributed by atoms with Gasteiger partial charge >= 0.3 is 0 Å². The molecule has 0 aromatic carbocycles. The van der Waals surface area contributed by atoms with Gasteiger partial charge in [-0.1, -0.05) is 22.2 Å². The summed E-state index contributed by atoms with van der Waals surface area (Å²) in [6.45, 7) is 3.72. The first kappa shape index (κ1) is 18.5. The van der Waals surface area contributed by atoms with Crippen LogP contribution in [0.25, 0.3) is 0 Å². The Morgan fingerprint density at radius 1 is 1.26 bits per heavy atom. The topological polar surface area (TPSA) is 53.9 Å². The number of rotatable bonds is 5. The number of hydrogen-bond donors (Lipinski definition) is 1. The third-order valence-electron chi connectivity index (χ3n) is 4.02. The van der Waals surface area contributed by atoms with E-state index in [4.69, 9.17) is 11.6 Å². The molecule has 2 aromatic heterocycles. The van der Waals surface area contributed by atoms with Crippen LogP contribution in [0.15, 0.2) is 24.4 Å². The van der Waals surface area contributed by atoms with E-state index in [1.807, 2.05) is 18.3 Å². The van der Waals surface area contributed by atoms with Crippen LogP contribution >= 0.6 is 35.5 Å². The standard InChI is InChI=1S/C15H20ClN5S.ClH/c16-15-14(19-20-22-15)11-21(10-12-4-1-2-8-18-12)13-5-3-7-17-9-6-13;/h1-2,4,8,13,17H,3,5-7,9-11H2;1H. The first-order valence-electron chi connectivity index (χ1n) is 7.64. The third-order valence-corrected chi connectivity index (χ3v) is 5.00. The van der Waals surface area contributed by atoms with Crippen LogP contribution in [0.1, 0.15) is 30.7 Å². The Bertz CT molecular complexity index is 572. The molecule has 1 atom stereocenters. The Labute approximate surface area is 152 Å². The lowest BCUT2D eigenvalue weighted by molar-refractivity contribution is 0.160. The predicted octanol–water partition coefficient (Wildman–Crippen LogP) is 3.15. The van der Waals surface area contributed by atoms with Gasteiger partial charge < -0.3 is 5.32 Å². The molecule has 0 radical (unpaired) electrons. The van der Waals surface area contributed by atoms with Gasteiger partial charge in [0.25, 0.3) is 0 Å². The van der Waals surface area contributed by atoms with Crippen LogP contribution in [0.5, 0.6) is 0 Å². The van der Waals surface area contributed by atoms with Crippen LogP contribution in [-0.2, 0) is 13.1 Å². The number of pyridine rings is 1. The molecule has 0 aliphatic carbocycles. The molecule has 3 heterocycles. The van der Waals surface area contributed by atoms with E-state index in [0.717, 1.165) is 44.0 Å². The summed E-state index contributed by atoms with van der Waals surface area (Å²) in [6, 6.07) is 6.58. The fourth-order valence-corrected chi connectivity index (χ4v) is 3.48. The molecule has 0 bridgehead atoms. The molecule has 0 spiro atoms. The van der Waals surface area contributed by atoms with E-state index in [1.54, 1.807) is 0 Å². The maximum Gasteiger partial charge on any atom is 0.138 e. The number of nitrogens with one attached hydrogen (secondary N) is 1. The van der Waals surface area contributed by atoms with Crippen molar-refractivity contribution in [3.63, 3.8) is 0 Å². The van der Waals surface area contributed by atoms with Gasteiger partial charge in [0, 0.05) is 36.9 Å². The molecule has 1 saturated heterocycles. The van der Waals surface area contributed by atoms with Crippen molar-refractivity contribution in [3.05, 3.63) is 40.1 Å². The number of hydrogen-bond acceptors (Lipinski definition) is 6. The quantitative estimate of drug-likeness (QED) is 0.871. The minimum absolute atomic E-state index is 0. The zero-order valence-corrected chi connectivity index (χ0v) is 15.2. The van der Waals surface area contributed by atoms with Gasteiger partial charge in [0.2, 0.25) is 0 Å². The summed E-state index contributed by atoms with van der Waals surface area (Å²) >= 11 is 7.45. The second-order valence-electron chi connectivity index (χ2n) is 5.55. The smallest absolute Gasteiger partial charge is 0.138 e. The lowest BCUT2D eigenvalue weighted by Crippen LogP contribution is -2.35. The minimum atomic E-state index is 0. The Morgan fingerprint density at radius 2 is 2.17 bits per heavy atom. The van der Waals surface area contributed by atoms with Gasteiger partial charge in [0.1, 0.15) is 10.0 Å². The van der Waals surface area contributed by atoms with Crippen molar-refractivity contribution in [2.75, 3.05) is 13.1 Å². The minimum Gasteiger partial charge on any atom is -0.317 e. The highest BCUT2D eigenvalue weighted by Gasteiger charge is 2.22. The maximum absolute atomic E-state index is 6.20. The molecule has 0 saturated carbocycles. The first-order valence-corrected chi connectivity index (χ1v) is 8.79. The summed E-state index contributed by atoms with van der Waals surface area (Å²) < 4.78 is 4.64. The molecular formula is C15H21Cl2N5S. The lowest BCUT2D eigenvalue weighted by Gasteiger charge is -2.30. The zero-order valence-electron chi connectivity index (χ0n) is 12.8. The van der Waals surface area contributed by atoms with Gasteiger partial charge in [-0.3, -0.25) is 9.88 Å². The van der Waals surface area contributed by atoms with Gasteiger partial charge in [-0.2, -0.15) is 0 Å². The highest BCUT2D eigenvalue weighted by molar-refractivity contribution is 7.10. The molecule has 1 fully saturated rings. The van der Waals surface area contributed by atoms with Crippen LogP contribution in [0, 0.1) is 0 Å². The fraction of sp³-hybridized carbons (Fsp3) is 0.533. The lowest BCUT2D eigenvalue weighted by atomic mass is 10.1. The molecule has 1 aliphatic rings. The molecule has 126 valence electrons. The molecule has 1 unspecified atom stereocenters. The molecule has 23 heavy (non-hydrogen) atoms. The Morgan fingerprint density at radius 3 is 2.91 bits per heavy atom. The summed E-state index contributed by atoms with van der Waals surface area (Å²) in [5.41, 5.74) is 1.96. The Kier molecular flexibility index (Phi) is 7.65. The predicted molar refractivity (Wildman–Crippen MR) is 96.2 cm³/mol. The molecule has 2 aromatic rings. The van der Waals surface area contributed by atoms with E-state index < -0.39 is 0 Å². The van der Waals surface area contributed by atoms with Crippen LogP contribution < -0.4 is 5.32 Å². The van der Waals surface area contributed by atoms with Crippen LogP contribution in [0.2, 0.25) is 4.34 Å². The molecule has 8 heteroatoms. The highest BCUT2D eigenvalue weighted by Crippen LogP contribution is 2.23. The summed E-state index contributed by atoms with van der Waals surface area (Å²) in [4.78, 5) is 6.91. The Balaban J connectivity index is 0.00000192. The molecule has 3 rings (SSSR count). The van der Waals surface area contributed by atoms with Crippen molar-refractivity contribution in [2.24, 2.45) is 0 Å². The first-order chi connectivity index (χ1) is 10.8. The highest BCUT2D eigenvalue weighted by atomic mass is 35.5. The third kappa shape index (κ3) is 5.36. The number of aromatic nitrogens is 3. The van der Waals surface area contributed by atoms with E-state index in [-0.39, 0.29) is 12.4 Å². The second kappa shape index (κ2) is 9.49. The van der Waals surface area contributed by atoms with Crippen molar-refractivity contribution < 1.29 is 0 Å². The summed E-state index contributed by atoms with van der Waals surface area (Å²) in [6.07, 6.45) is 5.38. The van der Waals surface area contributed by atoms with E-state index >= 15 is 0 Å². The van der Waals surface area contributed by atoms with Gasteiger partial charge in [-0.05, 0) is 44.5 Å². The van der Waals surface area contributed by atoms with Gasteiger partial charge in [0.05, 0.1) is 5.69 Å². The van der Waals surface area contributed by atoms with Gasteiger partial charge in [-0.25, -0.2) is 0 Å². The Hall–Kier alpha value is -0.790. The SMILES string of the molecule is Cl.Clc1snnc1CN(Cc1ccccn1)C1CCCNCC1. The van der Waals surface area contributed by atoms with Crippen LogP contribution in [-0.4, -0.2) is 38.6 Å². The van der Waals surface area contributed by atoms with Crippen LogP contribution in [0.3, 0.4) is 0 Å². The van der Waals surface area contributed by atoms with E-state index in [2.05, 4.69) is 30.9 Å². The fourth-order valence-electron chi connectivity index (χ4n) is 2.86. The van der Waals surface area contributed by atoms with Gasteiger partial charge in [-0.15, -0.1) is 17.5 Å². The average molecular weight is 374 g/mol. The van der Waals surface area contributed by atoms with Gasteiger partial charge in [0.15, 0.2) is 0 Å². The number of nitrogens with zero attached hydrogens (tertiary/aromatic N) is 4. The van der Waals surface area contributed by atoms with Crippen molar-refractivity contribution >= 4 is 35.5 Å². The largest absolute Gasteiger partial charge is 0.317 e. The molecule has 5 nitrogen and oxygen atoms in total.